The van der Waals surface area contributed by atoms with Gasteiger partial charge in [0.05, 0.1) is 59.2 Å². The van der Waals surface area contributed by atoms with E-state index in [-0.39, 0.29) is 29.9 Å². The third kappa shape index (κ3) is 42.0. The molecular weight excluding hydrogens is 1650 g/mol. The summed E-state index contributed by atoms with van der Waals surface area (Å²) in [5, 5.41) is 78.2. The van der Waals surface area contributed by atoms with E-state index in [9.17, 15) is 28.8 Å². The molecule has 10 rings (SSSR count). The molecule has 3 aromatic carbocycles. The molecule has 10 aromatic rings. The van der Waals surface area contributed by atoms with Crippen molar-refractivity contribution in [2.75, 3.05) is 59.4 Å². The number of halogens is 3. The second kappa shape index (κ2) is 49.4. The lowest BCUT2D eigenvalue weighted by Crippen LogP contribution is -2.28. The van der Waals surface area contributed by atoms with Crippen molar-refractivity contribution in [3.05, 3.63) is 193 Å². The van der Waals surface area contributed by atoms with Crippen molar-refractivity contribution >= 4 is 206 Å². The summed E-state index contributed by atoms with van der Waals surface area (Å²) < 4.78 is 31.4. The average Bonchev–Trinajstić information content (AvgIpc) is 1.70. The predicted molar refractivity (Wildman–Crippen MR) is 459 cm³/mol. The quantitative estimate of drug-likeness (QED) is 0.0215. The van der Waals surface area contributed by atoms with Crippen LogP contribution in [0.15, 0.2) is 171 Å². The van der Waals surface area contributed by atoms with Crippen LogP contribution in [0.5, 0.6) is 17.2 Å². The first-order valence-corrected chi connectivity index (χ1v) is 39.5. The number of ether oxygens (including phenoxy) is 6. The highest BCUT2D eigenvalue weighted by Crippen LogP contribution is 2.31. The number of carbonyl (C=O) groups is 6. The number of thiophene rings is 5. The van der Waals surface area contributed by atoms with Gasteiger partial charge in [-0.15, -0.1) is 56.7 Å². The lowest BCUT2D eigenvalue weighted by atomic mass is 9.83. The predicted octanol–water partition coefficient (Wildman–Crippen LogP) is 14.0. The molecule has 0 fully saturated rings. The summed E-state index contributed by atoms with van der Waals surface area (Å²) in [5.41, 5.74) is 15.3. The molecule has 0 spiro atoms. The van der Waals surface area contributed by atoms with Gasteiger partial charge in [0.25, 0.3) is 0 Å². The number of benzene rings is 3. The van der Waals surface area contributed by atoms with E-state index >= 15 is 0 Å². The normalized spacial score (nSPS) is 10.3. The molecule has 15 N–H and O–H groups in total. The molecular formula is C74H91B3BrCl2N9O18S5. The number of hydrogen-bond acceptors (Lipinski definition) is 27. The lowest BCUT2D eigenvalue weighted by molar-refractivity contribution is -0.116. The monoisotopic (exact) mass is 1740 g/mol. The van der Waals surface area contributed by atoms with E-state index in [1.54, 1.807) is 116 Å². The Bertz CT molecular complexity index is 4550. The van der Waals surface area contributed by atoms with Crippen molar-refractivity contribution in [1.29, 1.82) is 0 Å². The van der Waals surface area contributed by atoms with Gasteiger partial charge in [0.2, 0.25) is 17.1 Å². The van der Waals surface area contributed by atoms with E-state index in [1.165, 1.54) is 75.0 Å². The number of amides is 5. The Morgan fingerprint density at radius 1 is 0.455 bits per heavy atom. The Balaban J connectivity index is 0.000000343. The number of anilines is 7. The molecule has 5 amide bonds. The zero-order chi connectivity index (χ0) is 83.9. The SMILES string of the molecule is CC.CC(C)(C)OC(=O)Nc1cc(B(O)O)cs1.CC(C)(C)OC(=O)Nc1cc(Br)cs1.CC(C)(C)OC(=O)Nc1cc(Cl)ccn1.COc1cccc(CC(=O)Cl)c1.COc1cccc(CC(=O)Nc2cc(-c3ccnc(N)c3)cs2)c1.COc1cccc(CC(=O)Nc2cc(B(O)O)cs2)c1.Nc1cc(B(O)O)cs1. The molecule has 0 saturated heterocycles. The number of nitrogens with zero attached hydrogens (tertiary/aromatic N) is 2. The Morgan fingerprint density at radius 3 is 1.21 bits per heavy atom. The molecule has 0 aliphatic rings. The highest BCUT2D eigenvalue weighted by molar-refractivity contribution is 9.10. The summed E-state index contributed by atoms with van der Waals surface area (Å²) in [4.78, 5) is 76.5. The molecule has 38 heteroatoms. The van der Waals surface area contributed by atoms with Gasteiger partial charge in [-0.2, -0.15) is 0 Å². The van der Waals surface area contributed by atoms with Gasteiger partial charge in [-0.3, -0.25) is 30.3 Å². The largest absolute Gasteiger partial charge is 0.497 e. The van der Waals surface area contributed by atoms with Crippen molar-refractivity contribution in [1.82, 2.24) is 9.97 Å². The molecule has 0 aliphatic heterocycles. The molecule has 7 heterocycles. The number of nitrogen functional groups attached to an aromatic ring is 2. The summed E-state index contributed by atoms with van der Waals surface area (Å²) >= 11 is 20.9. The van der Waals surface area contributed by atoms with Crippen LogP contribution in [-0.2, 0) is 47.9 Å². The molecule has 0 aliphatic carbocycles. The molecule has 0 unspecified atom stereocenters. The van der Waals surface area contributed by atoms with E-state index in [4.69, 9.17) is 93.2 Å². The molecule has 7 aromatic heterocycles. The minimum Gasteiger partial charge on any atom is -0.497 e. The molecule has 27 nitrogen and oxygen atoms in total. The van der Waals surface area contributed by atoms with Gasteiger partial charge in [0.1, 0.15) is 45.7 Å². The van der Waals surface area contributed by atoms with E-state index in [2.05, 4.69) is 52.5 Å². The molecule has 0 radical (unpaired) electrons. The third-order valence-electron chi connectivity index (χ3n) is 12.7. The van der Waals surface area contributed by atoms with E-state index in [0.717, 1.165) is 53.8 Å². The molecule has 0 atom stereocenters. The second-order valence-corrected chi connectivity index (χ2v) is 31.8. The minimum absolute atomic E-state index is 0.0640. The first-order chi connectivity index (χ1) is 52.6. The Labute approximate surface area is 690 Å². The van der Waals surface area contributed by atoms with Gasteiger partial charge in [-0.25, -0.2) is 24.4 Å². The number of pyridine rings is 2. The van der Waals surface area contributed by atoms with Gasteiger partial charge in [0, 0.05) is 39.1 Å². The van der Waals surface area contributed by atoms with Crippen molar-refractivity contribution < 1.29 is 87.3 Å². The number of rotatable bonds is 18. The second-order valence-electron chi connectivity index (χ2n) is 25.5. The van der Waals surface area contributed by atoms with Crippen LogP contribution in [0, 0.1) is 0 Å². The van der Waals surface area contributed by atoms with Gasteiger partial charge < -0.3 is 80.7 Å². The van der Waals surface area contributed by atoms with Crippen LogP contribution < -0.4 is 68.7 Å². The fourth-order valence-corrected chi connectivity index (χ4v) is 12.8. The van der Waals surface area contributed by atoms with Crippen LogP contribution in [0.2, 0.25) is 5.02 Å². The van der Waals surface area contributed by atoms with Crippen molar-refractivity contribution in [2.45, 2.75) is 112 Å². The van der Waals surface area contributed by atoms with Gasteiger partial charge in [-0.05, 0) is 241 Å². The van der Waals surface area contributed by atoms with Crippen molar-refractivity contribution in [3.8, 4) is 28.4 Å². The fourth-order valence-electron chi connectivity index (χ4n) is 8.10. The zero-order valence-electron chi connectivity index (χ0n) is 63.8. The summed E-state index contributed by atoms with van der Waals surface area (Å²) in [6.45, 7) is 20.2. The number of carbonyl (C=O) groups excluding carboxylic acids is 6. The van der Waals surface area contributed by atoms with Gasteiger partial charge in [-0.1, -0.05) is 61.8 Å². The highest BCUT2D eigenvalue weighted by Gasteiger charge is 2.21. The lowest BCUT2D eigenvalue weighted by Gasteiger charge is -2.19. The van der Waals surface area contributed by atoms with E-state index in [1.807, 2.05) is 130 Å². The molecule has 600 valence electrons. The van der Waals surface area contributed by atoms with E-state index in [0.29, 0.717) is 60.2 Å². The van der Waals surface area contributed by atoms with Gasteiger partial charge in [0.15, 0.2) is 0 Å². The number of aromatic nitrogens is 2. The fraction of sp³-hybridized carbons (Fsp3) is 0.270. The first kappa shape index (κ1) is 97.1. The number of hydrogen-bond donors (Lipinski definition) is 13. The number of nitrogens with two attached hydrogens (primary N) is 2. The molecule has 0 bridgehead atoms. The summed E-state index contributed by atoms with van der Waals surface area (Å²) in [7, 11) is 0.339. The molecule has 0 saturated carbocycles. The Morgan fingerprint density at radius 2 is 0.839 bits per heavy atom. The maximum Gasteiger partial charge on any atom is 0.489 e. The Kier molecular flexibility index (Phi) is 42.8. The summed E-state index contributed by atoms with van der Waals surface area (Å²) in [6, 6.07) is 37.3. The summed E-state index contributed by atoms with van der Waals surface area (Å²) in [6.07, 6.45) is 2.42. The number of nitrogens with one attached hydrogen (secondary N) is 5. The Hall–Kier alpha value is -9.11. The highest BCUT2D eigenvalue weighted by atomic mass is 79.9. The van der Waals surface area contributed by atoms with Crippen molar-refractivity contribution in [2.24, 2.45) is 0 Å². The minimum atomic E-state index is -1.52. The van der Waals surface area contributed by atoms with Crippen LogP contribution in [0.1, 0.15) is 92.9 Å². The zero-order valence-corrected chi connectivity index (χ0v) is 71.0. The number of methoxy groups -OCH3 is 3. The van der Waals surface area contributed by atoms with Crippen LogP contribution in [0.25, 0.3) is 11.1 Å². The maximum atomic E-state index is 12.2. The van der Waals surface area contributed by atoms with E-state index < -0.39 is 56.4 Å². The smallest absolute Gasteiger partial charge is 0.489 e. The van der Waals surface area contributed by atoms with Gasteiger partial charge >= 0.3 is 39.6 Å². The van der Waals surface area contributed by atoms with Crippen molar-refractivity contribution in [3.63, 3.8) is 0 Å². The van der Waals surface area contributed by atoms with Crippen LogP contribution >= 0.6 is 95.8 Å². The average molecular weight is 1740 g/mol. The topological polar surface area (TPSA) is 417 Å². The van der Waals surface area contributed by atoms with Crippen LogP contribution in [0.3, 0.4) is 0 Å². The third-order valence-corrected chi connectivity index (χ3v) is 18.0. The summed E-state index contributed by atoms with van der Waals surface area (Å²) in [5.74, 6) is 2.81. The standard InChI is InChI=1S/C18H17N3O2S.C13H14BNO4S.C10H13ClN2O2.C9H14BNO4S.C9H12BrNO2S.C9H9ClO2.C4H6BNO2S.C2H6/c1-23-15-4-2-3-12(7-15)8-17(22)21-18-10-14(11-24-18)13-5-6-20-16(19)9-13;1-19-11-4-2-3-9(5-11)6-12(16)15-13-7-10(8-20-13)14(17)18;1-10(2,3)15-9(14)13-8-6-7(11)4-5-12-8;1-9(2,3)15-8(12)11-7-4-6(5-16-7)10(13)14;1-9(2,3)13-8(12)11-7-4-6(10)5-14-7;1-12-8-4-2-3-7(5-8)6-9(10)11;6-4-1-3(2-9-4)5(7)8;1-2/h2-7,9-11H,8H2,1H3,(H2,19,20)(H,21,22);2-5,7-8,17-18H,6H2,1H3,(H,15,16);4-6H,1-3H3,(H,12,13,14);4-5,13-14H,1-3H3,(H,11,12);4-5H,1-3H3,(H,11,12);2-5H,6H2,1H3;1-2,7-8H,6H2;1-2H3. The molecule has 112 heavy (non-hydrogen) atoms. The van der Waals surface area contributed by atoms with Crippen LogP contribution in [0.4, 0.5) is 51.0 Å². The maximum absolute atomic E-state index is 12.2. The first-order valence-electron chi connectivity index (χ1n) is 33.6. The van der Waals surface area contributed by atoms with Crippen LogP contribution in [-0.4, -0.2) is 135 Å².